The Morgan fingerprint density at radius 1 is 1.43 bits per heavy atom. The van der Waals surface area contributed by atoms with E-state index in [0.29, 0.717) is 0 Å². The zero-order chi connectivity index (χ0) is 10.9. The SMILES string of the molecule is CC(=O)c1c(F)ccc(N)c1C(F)F. The molecule has 0 amide bonds. The fourth-order valence-electron chi connectivity index (χ4n) is 1.20. The number of alkyl halides is 2. The maximum atomic E-state index is 13.0. The van der Waals surface area contributed by atoms with Gasteiger partial charge in [-0.15, -0.1) is 0 Å². The lowest BCUT2D eigenvalue weighted by Gasteiger charge is -2.09. The molecule has 0 saturated carbocycles. The minimum absolute atomic E-state index is 0.272. The summed E-state index contributed by atoms with van der Waals surface area (Å²) in [4.78, 5) is 10.9. The number of nitrogen functional groups attached to an aromatic ring is 1. The third-order valence-electron chi connectivity index (χ3n) is 1.80. The molecule has 0 aliphatic heterocycles. The van der Waals surface area contributed by atoms with E-state index >= 15 is 0 Å². The Bertz CT molecular complexity index is 377. The highest BCUT2D eigenvalue weighted by Crippen LogP contribution is 2.30. The smallest absolute Gasteiger partial charge is 0.266 e. The first-order chi connectivity index (χ1) is 6.45. The standard InChI is InChI=1S/C9H8F3NO/c1-4(14)7-5(10)2-3-6(13)8(7)9(11)12/h2-3,9H,13H2,1H3. The van der Waals surface area contributed by atoms with Gasteiger partial charge in [0, 0.05) is 5.69 Å². The van der Waals surface area contributed by atoms with Crippen molar-refractivity contribution in [2.45, 2.75) is 13.3 Å². The first-order valence-electron chi connectivity index (χ1n) is 3.82. The van der Waals surface area contributed by atoms with Gasteiger partial charge in [-0.2, -0.15) is 0 Å². The van der Waals surface area contributed by atoms with Crippen LogP contribution in [-0.2, 0) is 0 Å². The van der Waals surface area contributed by atoms with Crippen molar-refractivity contribution < 1.29 is 18.0 Å². The van der Waals surface area contributed by atoms with E-state index in [-0.39, 0.29) is 5.69 Å². The van der Waals surface area contributed by atoms with E-state index in [4.69, 9.17) is 5.73 Å². The van der Waals surface area contributed by atoms with E-state index in [0.717, 1.165) is 19.1 Å². The molecule has 0 unspecified atom stereocenters. The van der Waals surface area contributed by atoms with Crippen molar-refractivity contribution >= 4 is 11.5 Å². The second-order valence-corrected chi connectivity index (χ2v) is 2.78. The van der Waals surface area contributed by atoms with Gasteiger partial charge in [0.1, 0.15) is 5.82 Å². The molecule has 14 heavy (non-hydrogen) atoms. The molecule has 1 aromatic carbocycles. The molecule has 5 heteroatoms. The monoisotopic (exact) mass is 203 g/mol. The molecule has 76 valence electrons. The van der Waals surface area contributed by atoms with Crippen molar-refractivity contribution in [2.75, 3.05) is 5.73 Å². The number of hydrogen-bond acceptors (Lipinski definition) is 2. The molecule has 0 heterocycles. The molecule has 2 N–H and O–H groups in total. The third kappa shape index (κ3) is 1.71. The Balaban J connectivity index is 3.50. The van der Waals surface area contributed by atoms with E-state index in [1.54, 1.807) is 0 Å². The van der Waals surface area contributed by atoms with Crippen LogP contribution in [0.2, 0.25) is 0 Å². The van der Waals surface area contributed by atoms with Crippen molar-refractivity contribution in [1.82, 2.24) is 0 Å². The van der Waals surface area contributed by atoms with Crippen molar-refractivity contribution in [1.29, 1.82) is 0 Å². The molecule has 0 aromatic heterocycles. The van der Waals surface area contributed by atoms with Gasteiger partial charge in [0.25, 0.3) is 6.43 Å². The van der Waals surface area contributed by atoms with Crippen LogP contribution >= 0.6 is 0 Å². The molecule has 0 spiro atoms. The molecule has 0 bridgehead atoms. The molecule has 0 fully saturated rings. The summed E-state index contributed by atoms with van der Waals surface area (Å²) >= 11 is 0. The number of hydrogen-bond donors (Lipinski definition) is 1. The highest BCUT2D eigenvalue weighted by Gasteiger charge is 2.22. The van der Waals surface area contributed by atoms with Crippen LogP contribution in [0.1, 0.15) is 29.3 Å². The predicted octanol–water partition coefficient (Wildman–Crippen LogP) is 2.55. The molecular weight excluding hydrogens is 195 g/mol. The molecule has 0 radical (unpaired) electrons. The van der Waals surface area contributed by atoms with Gasteiger partial charge >= 0.3 is 0 Å². The first-order valence-corrected chi connectivity index (χ1v) is 3.82. The maximum Gasteiger partial charge on any atom is 0.266 e. The zero-order valence-electron chi connectivity index (χ0n) is 7.35. The van der Waals surface area contributed by atoms with Crippen molar-refractivity contribution in [3.05, 3.63) is 29.1 Å². The van der Waals surface area contributed by atoms with Crippen molar-refractivity contribution in [3.63, 3.8) is 0 Å². The van der Waals surface area contributed by atoms with Crippen LogP contribution in [0.5, 0.6) is 0 Å². The molecule has 1 rings (SSSR count). The summed E-state index contributed by atoms with van der Waals surface area (Å²) in [5.74, 6) is -1.73. The average Bonchev–Trinajstić information content (AvgIpc) is 2.07. The number of nitrogens with two attached hydrogens (primary N) is 1. The van der Waals surface area contributed by atoms with Crippen LogP contribution < -0.4 is 5.73 Å². The first kappa shape index (κ1) is 10.6. The molecule has 0 atom stereocenters. The second-order valence-electron chi connectivity index (χ2n) is 2.78. The molecule has 2 nitrogen and oxygen atoms in total. The van der Waals surface area contributed by atoms with Crippen LogP contribution in [0.3, 0.4) is 0 Å². The average molecular weight is 203 g/mol. The Morgan fingerprint density at radius 2 is 2.00 bits per heavy atom. The van der Waals surface area contributed by atoms with Gasteiger partial charge < -0.3 is 5.73 Å². The summed E-state index contributed by atoms with van der Waals surface area (Å²) in [5, 5.41) is 0. The molecule has 1 aromatic rings. The number of benzene rings is 1. The topological polar surface area (TPSA) is 43.1 Å². The van der Waals surface area contributed by atoms with Crippen LogP contribution in [-0.4, -0.2) is 5.78 Å². The minimum atomic E-state index is -2.95. The second kappa shape index (κ2) is 3.69. The quantitative estimate of drug-likeness (QED) is 0.592. The number of anilines is 1. The van der Waals surface area contributed by atoms with E-state index in [9.17, 15) is 18.0 Å². The maximum absolute atomic E-state index is 13.0. The number of ketones is 1. The Labute approximate surface area is 78.5 Å². The Morgan fingerprint density at radius 3 is 2.36 bits per heavy atom. The number of rotatable bonds is 2. The minimum Gasteiger partial charge on any atom is -0.398 e. The van der Waals surface area contributed by atoms with E-state index in [1.807, 2.05) is 0 Å². The summed E-state index contributed by atoms with van der Waals surface area (Å²) in [7, 11) is 0. The number of carbonyl (C=O) groups is 1. The van der Waals surface area contributed by atoms with Crippen molar-refractivity contribution in [3.8, 4) is 0 Å². The molecule has 0 saturated heterocycles. The van der Waals surface area contributed by atoms with Gasteiger partial charge in [0.05, 0.1) is 11.1 Å². The summed E-state index contributed by atoms with van der Waals surface area (Å²) < 4.78 is 37.9. The van der Waals surface area contributed by atoms with Crippen LogP contribution in [0.25, 0.3) is 0 Å². The lowest BCUT2D eigenvalue weighted by molar-refractivity contribution is 0.0994. The number of Topliss-reactive ketones (excluding diaryl/α,β-unsaturated/α-hetero) is 1. The normalized spacial score (nSPS) is 10.6. The molecule has 0 aliphatic carbocycles. The van der Waals surface area contributed by atoms with E-state index in [2.05, 4.69) is 0 Å². The van der Waals surface area contributed by atoms with Gasteiger partial charge in [-0.3, -0.25) is 4.79 Å². The highest BCUT2D eigenvalue weighted by atomic mass is 19.3. The van der Waals surface area contributed by atoms with Crippen LogP contribution in [0.4, 0.5) is 18.9 Å². The van der Waals surface area contributed by atoms with Gasteiger partial charge in [0.2, 0.25) is 0 Å². The van der Waals surface area contributed by atoms with E-state index < -0.39 is 29.2 Å². The number of halogens is 3. The van der Waals surface area contributed by atoms with Gasteiger partial charge in [-0.1, -0.05) is 0 Å². The van der Waals surface area contributed by atoms with Gasteiger partial charge in [-0.25, -0.2) is 13.2 Å². The lowest BCUT2D eigenvalue weighted by Crippen LogP contribution is -2.07. The predicted molar refractivity (Wildman–Crippen MR) is 45.8 cm³/mol. The summed E-state index contributed by atoms with van der Waals surface area (Å²) in [6.45, 7) is 1.02. The summed E-state index contributed by atoms with van der Waals surface area (Å²) in [6, 6.07) is 1.92. The molecular formula is C9H8F3NO. The van der Waals surface area contributed by atoms with E-state index in [1.165, 1.54) is 0 Å². The van der Waals surface area contributed by atoms with Gasteiger partial charge in [0.15, 0.2) is 5.78 Å². The van der Waals surface area contributed by atoms with Crippen LogP contribution in [0, 0.1) is 5.82 Å². The van der Waals surface area contributed by atoms with Crippen molar-refractivity contribution in [2.24, 2.45) is 0 Å². The summed E-state index contributed by atoms with van der Waals surface area (Å²) in [6.07, 6.45) is -2.95. The fraction of sp³-hybridized carbons (Fsp3) is 0.222. The van der Waals surface area contributed by atoms with Gasteiger partial charge in [-0.05, 0) is 19.1 Å². The zero-order valence-corrected chi connectivity index (χ0v) is 7.35. The molecule has 0 aliphatic rings. The Kier molecular flexibility index (Phi) is 2.78. The lowest BCUT2D eigenvalue weighted by atomic mass is 10.0. The third-order valence-corrected chi connectivity index (χ3v) is 1.80. The van der Waals surface area contributed by atoms with Crippen LogP contribution in [0.15, 0.2) is 12.1 Å². The Hall–Kier alpha value is -1.52. The summed E-state index contributed by atoms with van der Waals surface area (Å²) in [5.41, 5.74) is 3.61. The number of carbonyl (C=O) groups excluding carboxylic acids is 1. The fourth-order valence-corrected chi connectivity index (χ4v) is 1.20. The largest absolute Gasteiger partial charge is 0.398 e. The highest BCUT2D eigenvalue weighted by molar-refractivity contribution is 5.97.